The van der Waals surface area contributed by atoms with Gasteiger partial charge >= 0.3 is 0 Å². The molecule has 17 heavy (non-hydrogen) atoms. The number of halogens is 1. The van der Waals surface area contributed by atoms with Crippen LogP contribution in [0.25, 0.3) is 0 Å². The molecular weight excluding hydrogens is 302 g/mol. The summed E-state index contributed by atoms with van der Waals surface area (Å²) in [4.78, 5) is 0. The van der Waals surface area contributed by atoms with E-state index in [4.69, 9.17) is 0 Å². The Labute approximate surface area is 112 Å². The van der Waals surface area contributed by atoms with Crippen molar-refractivity contribution >= 4 is 25.8 Å². The fraction of sp³-hybridized carbons (Fsp3) is 0.500. The number of hydrogen-bond acceptors (Lipinski definition) is 3. The number of likely N-dealkylation sites (N-methyl/N-ethyl adjacent to an activating group) is 1. The van der Waals surface area contributed by atoms with Crippen LogP contribution < -0.4 is 5.32 Å². The SMILES string of the molecule is CNC(Cc1ccccc1Br)C(C)S(C)(=O)=O. The number of hydrogen-bond donors (Lipinski definition) is 1. The highest BCUT2D eigenvalue weighted by Crippen LogP contribution is 2.19. The molecule has 96 valence electrons. The smallest absolute Gasteiger partial charge is 0.151 e. The van der Waals surface area contributed by atoms with E-state index in [-0.39, 0.29) is 6.04 Å². The van der Waals surface area contributed by atoms with Crippen molar-refractivity contribution in [3.8, 4) is 0 Å². The molecule has 0 heterocycles. The summed E-state index contributed by atoms with van der Waals surface area (Å²) >= 11 is 3.48. The predicted molar refractivity (Wildman–Crippen MR) is 75.0 cm³/mol. The average molecular weight is 320 g/mol. The van der Waals surface area contributed by atoms with Crippen molar-refractivity contribution in [2.45, 2.75) is 24.6 Å². The molecule has 0 saturated carbocycles. The van der Waals surface area contributed by atoms with Crippen molar-refractivity contribution in [3.63, 3.8) is 0 Å². The fourth-order valence-corrected chi connectivity index (χ4v) is 2.98. The van der Waals surface area contributed by atoms with Gasteiger partial charge in [0.25, 0.3) is 0 Å². The predicted octanol–water partition coefficient (Wildman–Crippen LogP) is 2.01. The molecule has 1 N–H and O–H groups in total. The molecule has 0 aliphatic heterocycles. The summed E-state index contributed by atoms with van der Waals surface area (Å²) in [6.45, 7) is 1.74. The zero-order valence-corrected chi connectivity index (χ0v) is 12.7. The van der Waals surface area contributed by atoms with Crippen molar-refractivity contribution in [2.75, 3.05) is 13.3 Å². The second-order valence-corrected chi connectivity index (χ2v) is 7.48. The Kier molecular flexibility index (Phi) is 5.16. The van der Waals surface area contributed by atoms with Gasteiger partial charge in [-0.2, -0.15) is 0 Å². The minimum atomic E-state index is -3.02. The van der Waals surface area contributed by atoms with Crippen LogP contribution in [0.3, 0.4) is 0 Å². The average Bonchev–Trinajstić information content (AvgIpc) is 2.26. The molecule has 2 unspecified atom stereocenters. The quantitative estimate of drug-likeness (QED) is 0.903. The lowest BCUT2D eigenvalue weighted by molar-refractivity contribution is 0.516. The molecule has 0 bridgehead atoms. The molecule has 0 aromatic heterocycles. The molecule has 0 radical (unpaired) electrons. The van der Waals surface area contributed by atoms with E-state index < -0.39 is 15.1 Å². The summed E-state index contributed by atoms with van der Waals surface area (Å²) in [5.74, 6) is 0. The first-order valence-electron chi connectivity index (χ1n) is 5.45. The summed E-state index contributed by atoms with van der Waals surface area (Å²) < 4.78 is 24.1. The number of rotatable bonds is 5. The van der Waals surface area contributed by atoms with Crippen molar-refractivity contribution in [1.82, 2.24) is 5.32 Å². The van der Waals surface area contributed by atoms with Gasteiger partial charge in [0.2, 0.25) is 0 Å². The van der Waals surface area contributed by atoms with Gasteiger partial charge < -0.3 is 5.32 Å². The van der Waals surface area contributed by atoms with E-state index in [1.165, 1.54) is 6.26 Å². The number of sulfone groups is 1. The van der Waals surface area contributed by atoms with Crippen LogP contribution in [0.2, 0.25) is 0 Å². The molecule has 3 nitrogen and oxygen atoms in total. The van der Waals surface area contributed by atoms with E-state index in [2.05, 4.69) is 21.2 Å². The summed E-state index contributed by atoms with van der Waals surface area (Å²) in [6, 6.07) is 7.79. The summed E-state index contributed by atoms with van der Waals surface area (Å²) in [6.07, 6.45) is 1.97. The molecule has 0 fully saturated rings. The standard InChI is InChI=1S/C12H18BrNO2S/c1-9(17(3,15)16)12(14-2)8-10-6-4-5-7-11(10)13/h4-7,9,12,14H,8H2,1-3H3. The normalized spacial score (nSPS) is 15.5. The van der Waals surface area contributed by atoms with E-state index >= 15 is 0 Å². The molecule has 0 saturated heterocycles. The molecule has 1 aromatic carbocycles. The maximum atomic E-state index is 11.6. The minimum Gasteiger partial charge on any atom is -0.315 e. The van der Waals surface area contributed by atoms with E-state index in [9.17, 15) is 8.42 Å². The fourth-order valence-electron chi connectivity index (χ4n) is 1.70. The van der Waals surface area contributed by atoms with E-state index in [1.807, 2.05) is 24.3 Å². The Hall–Kier alpha value is -0.390. The maximum Gasteiger partial charge on any atom is 0.151 e. The first-order valence-corrected chi connectivity index (χ1v) is 8.20. The van der Waals surface area contributed by atoms with Crippen LogP contribution in [0, 0.1) is 0 Å². The van der Waals surface area contributed by atoms with Gasteiger partial charge in [-0.25, -0.2) is 8.42 Å². The Morgan fingerprint density at radius 3 is 2.41 bits per heavy atom. The second-order valence-electron chi connectivity index (χ2n) is 4.23. The van der Waals surface area contributed by atoms with E-state index in [0.717, 1.165) is 10.0 Å². The number of benzene rings is 1. The van der Waals surface area contributed by atoms with Gasteiger partial charge in [0.05, 0.1) is 5.25 Å². The maximum absolute atomic E-state index is 11.6. The van der Waals surface area contributed by atoms with Crippen LogP contribution in [-0.2, 0) is 16.3 Å². The van der Waals surface area contributed by atoms with Gasteiger partial charge in [-0.05, 0) is 32.0 Å². The van der Waals surface area contributed by atoms with Crippen LogP contribution in [0.1, 0.15) is 12.5 Å². The van der Waals surface area contributed by atoms with Gasteiger partial charge in [0.15, 0.2) is 9.84 Å². The monoisotopic (exact) mass is 319 g/mol. The molecule has 2 atom stereocenters. The molecule has 1 aromatic rings. The van der Waals surface area contributed by atoms with Crippen LogP contribution in [-0.4, -0.2) is 33.0 Å². The van der Waals surface area contributed by atoms with Crippen molar-refractivity contribution < 1.29 is 8.42 Å². The van der Waals surface area contributed by atoms with Crippen molar-refractivity contribution in [2.24, 2.45) is 0 Å². The lowest BCUT2D eigenvalue weighted by atomic mass is 10.0. The summed E-state index contributed by atoms with van der Waals surface area (Å²) in [5, 5.41) is 2.68. The Morgan fingerprint density at radius 2 is 1.94 bits per heavy atom. The van der Waals surface area contributed by atoms with Gasteiger partial charge in [-0.3, -0.25) is 0 Å². The summed E-state index contributed by atoms with van der Waals surface area (Å²) in [7, 11) is -1.23. The third-order valence-corrected chi connectivity index (χ3v) is 5.46. The summed E-state index contributed by atoms with van der Waals surface area (Å²) in [5.41, 5.74) is 1.11. The molecule has 0 aliphatic carbocycles. The lowest BCUT2D eigenvalue weighted by Crippen LogP contribution is -2.42. The highest BCUT2D eigenvalue weighted by molar-refractivity contribution is 9.10. The Bertz CT molecular complexity index is 473. The Balaban J connectivity index is 2.88. The van der Waals surface area contributed by atoms with Crippen molar-refractivity contribution in [3.05, 3.63) is 34.3 Å². The first-order chi connectivity index (χ1) is 7.86. The molecule has 0 aliphatic rings. The highest BCUT2D eigenvalue weighted by Gasteiger charge is 2.25. The lowest BCUT2D eigenvalue weighted by Gasteiger charge is -2.22. The molecule has 1 rings (SSSR count). The molecule has 5 heteroatoms. The third-order valence-electron chi connectivity index (χ3n) is 3.01. The third kappa shape index (κ3) is 4.08. The van der Waals surface area contributed by atoms with Gasteiger partial charge in [-0.15, -0.1) is 0 Å². The topological polar surface area (TPSA) is 46.2 Å². The Morgan fingerprint density at radius 1 is 1.35 bits per heavy atom. The van der Waals surface area contributed by atoms with Gasteiger partial charge in [0.1, 0.15) is 0 Å². The van der Waals surface area contributed by atoms with Crippen LogP contribution in [0.4, 0.5) is 0 Å². The van der Waals surface area contributed by atoms with Crippen molar-refractivity contribution in [1.29, 1.82) is 0 Å². The number of nitrogens with one attached hydrogen (secondary N) is 1. The largest absolute Gasteiger partial charge is 0.315 e. The van der Waals surface area contributed by atoms with Crippen LogP contribution in [0.15, 0.2) is 28.7 Å². The highest BCUT2D eigenvalue weighted by atomic mass is 79.9. The molecule has 0 spiro atoms. The zero-order chi connectivity index (χ0) is 13.1. The molecular formula is C12H18BrNO2S. The zero-order valence-electron chi connectivity index (χ0n) is 10.3. The van der Waals surface area contributed by atoms with E-state index in [0.29, 0.717) is 6.42 Å². The van der Waals surface area contributed by atoms with E-state index in [1.54, 1.807) is 14.0 Å². The van der Waals surface area contributed by atoms with Crippen LogP contribution >= 0.6 is 15.9 Å². The van der Waals surface area contributed by atoms with Crippen LogP contribution in [0.5, 0.6) is 0 Å². The molecule has 0 amide bonds. The second kappa shape index (κ2) is 5.98. The first kappa shape index (κ1) is 14.7. The van der Waals surface area contributed by atoms with Gasteiger partial charge in [-0.1, -0.05) is 34.1 Å². The van der Waals surface area contributed by atoms with Gasteiger partial charge in [0, 0.05) is 16.8 Å². The minimum absolute atomic E-state index is 0.0799.